The van der Waals surface area contributed by atoms with Gasteiger partial charge in [-0.05, 0) is 62.1 Å². The van der Waals surface area contributed by atoms with Crippen LogP contribution in [0.3, 0.4) is 0 Å². The van der Waals surface area contributed by atoms with Gasteiger partial charge < -0.3 is 9.73 Å². The standard InChI is InChI=1S/C27H29N3O3/c1-17-12-13-20(14-18(17)2)30-24(31)15-28-27(29-19-8-4-3-5-9-19)25(30)22-16-33-23-11-7-6-10-21(23)26(22)32/h6-7,10-14,16,19,25H,3-5,8-9,15H2,1-2H3,(H,28,29). The van der Waals surface area contributed by atoms with Crippen molar-refractivity contribution in [3.05, 3.63) is 75.6 Å². The summed E-state index contributed by atoms with van der Waals surface area (Å²) in [6, 6.07) is 12.8. The Morgan fingerprint density at radius 3 is 2.58 bits per heavy atom. The Morgan fingerprint density at radius 2 is 1.79 bits per heavy atom. The maximum absolute atomic E-state index is 13.6. The molecule has 1 aliphatic heterocycles. The van der Waals surface area contributed by atoms with Crippen LogP contribution >= 0.6 is 0 Å². The van der Waals surface area contributed by atoms with Crippen LogP contribution in [0.2, 0.25) is 0 Å². The predicted molar refractivity (Wildman–Crippen MR) is 131 cm³/mol. The van der Waals surface area contributed by atoms with Gasteiger partial charge in [0, 0.05) is 11.7 Å². The molecule has 6 nitrogen and oxygen atoms in total. The van der Waals surface area contributed by atoms with E-state index in [9.17, 15) is 9.59 Å². The van der Waals surface area contributed by atoms with Gasteiger partial charge in [-0.15, -0.1) is 0 Å². The maximum Gasteiger partial charge on any atom is 0.249 e. The van der Waals surface area contributed by atoms with Crippen LogP contribution in [0.4, 0.5) is 5.69 Å². The summed E-state index contributed by atoms with van der Waals surface area (Å²) in [6.45, 7) is 4.13. The fraction of sp³-hybridized carbons (Fsp3) is 0.370. The lowest BCUT2D eigenvalue weighted by Gasteiger charge is -2.37. The van der Waals surface area contributed by atoms with Crippen molar-refractivity contribution in [3.63, 3.8) is 0 Å². The van der Waals surface area contributed by atoms with E-state index in [1.807, 2.05) is 44.2 Å². The predicted octanol–water partition coefficient (Wildman–Crippen LogP) is 4.82. The number of amidine groups is 1. The van der Waals surface area contributed by atoms with Crippen LogP contribution in [-0.2, 0) is 4.79 Å². The minimum absolute atomic E-state index is 0.0530. The molecular formula is C27H29N3O3. The molecule has 0 spiro atoms. The molecule has 1 atom stereocenters. The van der Waals surface area contributed by atoms with Crippen molar-refractivity contribution in [1.29, 1.82) is 0 Å². The smallest absolute Gasteiger partial charge is 0.249 e. The second-order valence-electron chi connectivity index (χ2n) is 9.13. The fourth-order valence-corrected chi connectivity index (χ4v) is 4.90. The third kappa shape index (κ3) is 4.06. The summed E-state index contributed by atoms with van der Waals surface area (Å²) in [4.78, 5) is 33.2. The third-order valence-electron chi connectivity index (χ3n) is 6.90. The van der Waals surface area contributed by atoms with E-state index in [2.05, 4.69) is 10.3 Å². The average molecular weight is 444 g/mol. The van der Waals surface area contributed by atoms with Crippen molar-refractivity contribution in [2.45, 2.75) is 58.0 Å². The van der Waals surface area contributed by atoms with Crippen molar-refractivity contribution in [3.8, 4) is 0 Å². The van der Waals surface area contributed by atoms with Crippen molar-refractivity contribution < 1.29 is 9.21 Å². The highest BCUT2D eigenvalue weighted by atomic mass is 16.3. The molecule has 2 aromatic carbocycles. The number of aryl methyl sites for hydroxylation is 2. The first-order valence-corrected chi connectivity index (χ1v) is 11.7. The summed E-state index contributed by atoms with van der Waals surface area (Å²) in [5, 5.41) is 4.11. The lowest BCUT2D eigenvalue weighted by molar-refractivity contribution is -0.117. The van der Waals surface area contributed by atoms with Crippen molar-refractivity contribution >= 4 is 28.4 Å². The Kier molecular flexibility index (Phi) is 5.75. The number of hydrogen-bond donors (Lipinski definition) is 1. The number of rotatable bonds is 3. The molecule has 3 aromatic rings. The summed E-state index contributed by atoms with van der Waals surface area (Å²) in [7, 11) is 0. The molecular weight excluding hydrogens is 414 g/mol. The van der Waals surface area contributed by atoms with Crippen LogP contribution in [-0.4, -0.2) is 24.3 Å². The fourth-order valence-electron chi connectivity index (χ4n) is 4.90. The number of hydrogen-bond acceptors (Lipinski definition) is 5. The molecule has 2 aliphatic rings. The lowest BCUT2D eigenvalue weighted by Crippen LogP contribution is -2.52. The van der Waals surface area contributed by atoms with E-state index in [1.165, 1.54) is 25.5 Å². The lowest BCUT2D eigenvalue weighted by atomic mass is 9.94. The highest BCUT2D eigenvalue weighted by Gasteiger charge is 2.37. The zero-order valence-corrected chi connectivity index (χ0v) is 19.1. The first-order valence-electron chi connectivity index (χ1n) is 11.7. The van der Waals surface area contributed by atoms with E-state index < -0.39 is 6.04 Å². The Labute approximate surface area is 193 Å². The van der Waals surface area contributed by atoms with Crippen LogP contribution in [0.15, 0.2) is 62.9 Å². The molecule has 33 heavy (non-hydrogen) atoms. The second kappa shape index (κ2) is 8.85. The topological polar surface area (TPSA) is 74.9 Å². The maximum atomic E-state index is 13.6. The number of nitrogens with zero attached hydrogens (tertiary/aromatic N) is 2. The Bertz CT molecular complexity index is 1290. The molecule has 1 N–H and O–H groups in total. The molecule has 1 amide bonds. The quantitative estimate of drug-likeness (QED) is 0.630. The first-order chi connectivity index (χ1) is 16.0. The van der Waals surface area contributed by atoms with Gasteiger partial charge in [0.2, 0.25) is 5.91 Å². The number of carbonyl (C=O) groups is 1. The van der Waals surface area contributed by atoms with Gasteiger partial charge in [-0.25, -0.2) is 0 Å². The molecule has 1 aliphatic carbocycles. The minimum atomic E-state index is -0.656. The molecule has 1 unspecified atom stereocenters. The van der Waals surface area contributed by atoms with Gasteiger partial charge in [0.05, 0.1) is 10.9 Å². The summed E-state index contributed by atoms with van der Waals surface area (Å²) < 4.78 is 5.86. The summed E-state index contributed by atoms with van der Waals surface area (Å²) in [6.07, 6.45) is 7.22. The van der Waals surface area contributed by atoms with E-state index in [0.29, 0.717) is 28.4 Å². The highest BCUT2D eigenvalue weighted by molar-refractivity contribution is 6.07. The Morgan fingerprint density at radius 1 is 1.00 bits per heavy atom. The van der Waals surface area contributed by atoms with Crippen LogP contribution < -0.4 is 15.6 Å². The molecule has 1 aromatic heterocycles. The molecule has 2 heterocycles. The van der Waals surface area contributed by atoms with Gasteiger partial charge in [-0.1, -0.05) is 37.5 Å². The summed E-state index contributed by atoms with van der Waals surface area (Å²) in [5.74, 6) is 0.535. The second-order valence-corrected chi connectivity index (χ2v) is 9.13. The zero-order valence-electron chi connectivity index (χ0n) is 19.1. The highest BCUT2D eigenvalue weighted by Crippen LogP contribution is 2.32. The monoisotopic (exact) mass is 443 g/mol. The number of anilines is 1. The normalized spacial score (nSPS) is 19.6. The van der Waals surface area contributed by atoms with Crippen LogP contribution in [0.5, 0.6) is 0 Å². The summed E-state index contributed by atoms with van der Waals surface area (Å²) >= 11 is 0. The SMILES string of the molecule is Cc1ccc(N2C(=O)CN=C(NC3CCCCC3)C2c2coc3ccccc3c2=O)cc1C. The third-order valence-corrected chi connectivity index (χ3v) is 6.90. The van der Waals surface area contributed by atoms with Crippen LogP contribution in [0.1, 0.15) is 54.8 Å². The van der Waals surface area contributed by atoms with E-state index in [4.69, 9.17) is 4.42 Å². The van der Waals surface area contributed by atoms with Crippen molar-refractivity contribution in [2.75, 3.05) is 11.4 Å². The zero-order chi connectivity index (χ0) is 22.9. The van der Waals surface area contributed by atoms with Gasteiger partial charge in [-0.3, -0.25) is 19.5 Å². The molecule has 0 radical (unpaired) electrons. The van der Waals surface area contributed by atoms with Gasteiger partial charge in [-0.2, -0.15) is 0 Å². The molecule has 1 fully saturated rings. The van der Waals surface area contributed by atoms with Gasteiger partial charge in [0.1, 0.15) is 30.3 Å². The molecule has 5 rings (SSSR count). The van der Waals surface area contributed by atoms with Gasteiger partial charge in [0.15, 0.2) is 5.43 Å². The van der Waals surface area contributed by atoms with Crippen LogP contribution in [0, 0.1) is 13.8 Å². The molecule has 0 saturated heterocycles. The number of nitrogens with one attached hydrogen (secondary N) is 1. The van der Waals surface area contributed by atoms with E-state index in [-0.39, 0.29) is 17.9 Å². The number of amides is 1. The van der Waals surface area contributed by atoms with Crippen molar-refractivity contribution in [2.24, 2.45) is 4.99 Å². The number of benzene rings is 2. The van der Waals surface area contributed by atoms with Crippen molar-refractivity contribution in [1.82, 2.24) is 5.32 Å². The van der Waals surface area contributed by atoms with E-state index >= 15 is 0 Å². The van der Waals surface area contributed by atoms with Gasteiger partial charge in [0.25, 0.3) is 0 Å². The van der Waals surface area contributed by atoms with Crippen LogP contribution in [0.25, 0.3) is 11.0 Å². The Hall–Kier alpha value is -3.41. The molecule has 6 heteroatoms. The minimum Gasteiger partial charge on any atom is -0.464 e. The largest absolute Gasteiger partial charge is 0.464 e. The number of fused-ring (bicyclic) bond motifs is 1. The number of para-hydroxylation sites is 1. The Balaban J connectivity index is 1.65. The molecule has 170 valence electrons. The average Bonchev–Trinajstić information content (AvgIpc) is 2.83. The number of aliphatic imine (C=N–C) groups is 1. The molecule has 0 bridgehead atoms. The summed E-state index contributed by atoms with van der Waals surface area (Å²) in [5.41, 5.74) is 3.82. The van der Waals surface area contributed by atoms with Gasteiger partial charge >= 0.3 is 0 Å². The number of carbonyl (C=O) groups excluding carboxylic acids is 1. The first kappa shape index (κ1) is 21.4. The van der Waals surface area contributed by atoms with E-state index in [0.717, 1.165) is 29.7 Å². The molecule has 1 saturated carbocycles. The van der Waals surface area contributed by atoms with E-state index in [1.54, 1.807) is 17.0 Å².